The fourth-order valence-electron chi connectivity index (χ4n) is 2.02. The molecule has 8 heteroatoms. The summed E-state index contributed by atoms with van der Waals surface area (Å²) in [4.78, 5) is 12.7. The van der Waals surface area contributed by atoms with Crippen molar-refractivity contribution in [1.29, 1.82) is 0 Å². The van der Waals surface area contributed by atoms with Gasteiger partial charge in [0, 0.05) is 14.1 Å². The second kappa shape index (κ2) is 15.1. The molecule has 0 aliphatic heterocycles. The van der Waals surface area contributed by atoms with Crippen LogP contribution in [0.4, 0.5) is 4.39 Å². The molecule has 31 heavy (non-hydrogen) atoms. The van der Waals surface area contributed by atoms with Gasteiger partial charge in [-0.05, 0) is 24.3 Å². The van der Waals surface area contributed by atoms with E-state index in [4.69, 9.17) is 9.47 Å². The van der Waals surface area contributed by atoms with Crippen LogP contribution in [-0.2, 0) is 9.53 Å². The molecule has 0 aromatic heterocycles. The van der Waals surface area contributed by atoms with Crippen molar-refractivity contribution < 1.29 is 34.0 Å². The van der Waals surface area contributed by atoms with Crippen LogP contribution in [0.2, 0.25) is 0 Å². The Morgan fingerprint density at radius 2 is 1.55 bits per heavy atom. The molecule has 1 aromatic carbocycles. The van der Waals surface area contributed by atoms with E-state index in [1.165, 1.54) is 35.2 Å². The third-order valence-electron chi connectivity index (χ3n) is 3.84. The van der Waals surface area contributed by atoms with Gasteiger partial charge in [0.05, 0.1) is 6.61 Å². The average Bonchev–Trinajstić information content (AvgIpc) is 2.74. The van der Waals surface area contributed by atoms with Crippen molar-refractivity contribution in [3.63, 3.8) is 0 Å². The number of halogens is 1. The molecule has 0 saturated carbocycles. The minimum absolute atomic E-state index is 0.0434. The fraction of sp³-hybridized carbons (Fsp3) is 0.348. The second-order valence-corrected chi connectivity index (χ2v) is 6.73. The van der Waals surface area contributed by atoms with Crippen LogP contribution in [0.3, 0.4) is 0 Å². The van der Waals surface area contributed by atoms with Gasteiger partial charge in [-0.15, -0.1) is 0 Å². The molecule has 0 fully saturated rings. The van der Waals surface area contributed by atoms with E-state index in [9.17, 15) is 24.5 Å². The molecular weight excluding hydrogens is 405 g/mol. The number of aliphatic hydroxyl groups excluding tert-OH is 3. The summed E-state index contributed by atoms with van der Waals surface area (Å²) >= 11 is 0. The predicted molar refractivity (Wildman–Crippen MR) is 116 cm³/mol. The van der Waals surface area contributed by atoms with Gasteiger partial charge in [0.2, 0.25) is 5.91 Å². The Bertz CT molecular complexity index is 758. The molecule has 0 aliphatic rings. The summed E-state index contributed by atoms with van der Waals surface area (Å²) in [7, 11) is 3.20. The highest BCUT2D eigenvalue weighted by Gasteiger charge is 2.14. The third kappa shape index (κ3) is 12.5. The molecule has 0 heterocycles. The van der Waals surface area contributed by atoms with Crippen LogP contribution in [-0.4, -0.2) is 78.4 Å². The lowest BCUT2D eigenvalue weighted by atomic mass is 10.2. The number of carbonyl (C=O) groups excluding carboxylic acids is 1. The van der Waals surface area contributed by atoms with Gasteiger partial charge in [-0.1, -0.05) is 48.6 Å². The van der Waals surface area contributed by atoms with Gasteiger partial charge in [0.15, 0.2) is 0 Å². The van der Waals surface area contributed by atoms with Crippen molar-refractivity contribution >= 4 is 5.91 Å². The van der Waals surface area contributed by atoms with E-state index in [-0.39, 0.29) is 31.5 Å². The number of nitrogens with zero attached hydrogens (tertiary/aromatic N) is 1. The topological polar surface area (TPSA) is 99.5 Å². The molecule has 0 saturated heterocycles. The number of ether oxygens (including phenoxy) is 2. The van der Waals surface area contributed by atoms with Gasteiger partial charge in [-0.2, -0.15) is 0 Å². The molecule has 3 N–H and O–H groups in total. The lowest BCUT2D eigenvalue weighted by Crippen LogP contribution is -2.32. The molecule has 1 amide bonds. The summed E-state index contributed by atoms with van der Waals surface area (Å²) < 4.78 is 23.2. The molecule has 0 unspecified atom stereocenters. The summed E-state index contributed by atoms with van der Waals surface area (Å²) in [5.74, 6) is -0.109. The van der Waals surface area contributed by atoms with Gasteiger partial charge >= 0.3 is 0 Å². The van der Waals surface area contributed by atoms with Crippen molar-refractivity contribution in [2.45, 2.75) is 18.3 Å². The Hall–Kier alpha value is -2.78. The number of allylic oxidation sites excluding steroid dienone is 6. The number of hydrogen-bond acceptors (Lipinski definition) is 6. The Labute approximate surface area is 182 Å². The minimum Gasteiger partial charge on any atom is -0.491 e. The highest BCUT2D eigenvalue weighted by Crippen LogP contribution is 2.11. The maximum Gasteiger partial charge on any atom is 0.248 e. The first-order valence-electron chi connectivity index (χ1n) is 9.68. The number of amides is 1. The summed E-state index contributed by atoms with van der Waals surface area (Å²) in [6.07, 6.45) is 9.86. The molecule has 1 rings (SSSR count). The van der Waals surface area contributed by atoms with E-state index in [0.29, 0.717) is 5.75 Å². The molecule has 0 aliphatic carbocycles. The third-order valence-corrected chi connectivity index (χ3v) is 3.84. The van der Waals surface area contributed by atoms with Gasteiger partial charge in [-0.25, -0.2) is 4.39 Å². The number of benzene rings is 1. The minimum atomic E-state index is -1.14. The lowest BCUT2D eigenvalue weighted by molar-refractivity contribution is -0.135. The van der Waals surface area contributed by atoms with Gasteiger partial charge in [0.25, 0.3) is 0 Å². The average molecular weight is 435 g/mol. The summed E-state index contributed by atoms with van der Waals surface area (Å²) in [5, 5.41) is 29.4. The molecule has 0 bridgehead atoms. The van der Waals surface area contributed by atoms with Crippen molar-refractivity contribution in [2.24, 2.45) is 0 Å². The van der Waals surface area contributed by atoms with Crippen LogP contribution < -0.4 is 4.74 Å². The van der Waals surface area contributed by atoms with E-state index < -0.39 is 18.3 Å². The quantitative estimate of drug-likeness (QED) is 0.407. The predicted octanol–water partition coefficient (Wildman–Crippen LogP) is 1.62. The second-order valence-electron chi connectivity index (χ2n) is 6.73. The van der Waals surface area contributed by atoms with Gasteiger partial charge in [-0.3, -0.25) is 4.79 Å². The van der Waals surface area contributed by atoms with Crippen molar-refractivity contribution in [3.05, 3.63) is 78.7 Å². The Morgan fingerprint density at radius 1 is 0.968 bits per heavy atom. The highest BCUT2D eigenvalue weighted by molar-refractivity contribution is 5.76. The zero-order chi connectivity index (χ0) is 23.1. The largest absolute Gasteiger partial charge is 0.491 e. The number of likely N-dealkylation sites (N-methyl/N-ethyl adjacent to an activating group) is 1. The van der Waals surface area contributed by atoms with Crippen LogP contribution in [0.1, 0.15) is 0 Å². The molecule has 3 atom stereocenters. The first kappa shape index (κ1) is 26.3. The van der Waals surface area contributed by atoms with Crippen LogP contribution in [0, 0.1) is 5.82 Å². The summed E-state index contributed by atoms with van der Waals surface area (Å²) in [5.41, 5.74) is 0. The maximum atomic E-state index is 12.8. The molecule has 0 spiro atoms. The van der Waals surface area contributed by atoms with E-state index in [0.717, 1.165) is 0 Å². The molecule has 1 aromatic rings. The highest BCUT2D eigenvalue weighted by atomic mass is 19.1. The Balaban J connectivity index is 2.24. The normalized spacial score (nSPS) is 15.2. The van der Waals surface area contributed by atoms with Crippen LogP contribution in [0.5, 0.6) is 5.75 Å². The Morgan fingerprint density at radius 3 is 2.16 bits per heavy atom. The first-order valence-corrected chi connectivity index (χ1v) is 9.68. The standard InChI is InChI=1S/C23H30FNO6/c1-25(2)23(29)17-30-16-22(28)21(27)10-8-6-4-3-5-7-9-19(26)15-31-20-13-11-18(24)12-14-20/h3-14,19,21-22,26-28H,15-17H2,1-2H3/b5-3-,6-4+,9-7+,10-8+/t19-,21+,22-/m0/s1. The summed E-state index contributed by atoms with van der Waals surface area (Å²) in [6, 6.07) is 5.53. The molecule has 0 radical (unpaired) electrons. The zero-order valence-corrected chi connectivity index (χ0v) is 17.7. The van der Waals surface area contributed by atoms with E-state index in [1.807, 2.05) is 0 Å². The van der Waals surface area contributed by atoms with Gasteiger partial charge < -0.3 is 29.7 Å². The maximum absolute atomic E-state index is 12.8. The fourth-order valence-corrected chi connectivity index (χ4v) is 2.02. The number of hydrogen-bond donors (Lipinski definition) is 3. The van der Waals surface area contributed by atoms with Crippen molar-refractivity contribution in [2.75, 3.05) is 33.9 Å². The van der Waals surface area contributed by atoms with Crippen LogP contribution in [0.15, 0.2) is 72.9 Å². The number of carbonyl (C=O) groups is 1. The molecular formula is C23H30FNO6. The summed E-state index contributed by atoms with van der Waals surface area (Å²) in [6.45, 7) is -0.278. The van der Waals surface area contributed by atoms with Crippen LogP contribution in [0.25, 0.3) is 0 Å². The zero-order valence-electron chi connectivity index (χ0n) is 17.7. The Kier molecular flexibility index (Phi) is 12.8. The van der Waals surface area contributed by atoms with E-state index in [2.05, 4.69) is 0 Å². The van der Waals surface area contributed by atoms with Gasteiger partial charge in [0.1, 0.15) is 43.1 Å². The number of aliphatic hydroxyl groups is 3. The van der Waals surface area contributed by atoms with Crippen LogP contribution >= 0.6 is 0 Å². The number of rotatable bonds is 13. The van der Waals surface area contributed by atoms with Crippen molar-refractivity contribution in [3.8, 4) is 5.75 Å². The monoisotopic (exact) mass is 435 g/mol. The lowest BCUT2D eigenvalue weighted by Gasteiger charge is -2.15. The smallest absolute Gasteiger partial charge is 0.248 e. The van der Waals surface area contributed by atoms with E-state index >= 15 is 0 Å². The van der Waals surface area contributed by atoms with E-state index in [1.54, 1.807) is 56.6 Å². The molecule has 170 valence electrons. The SMILES string of the molecule is CN(C)C(=O)COC[C@H](O)[C@H](O)/C=C/C=C/C=C\C=C\[C@H](O)COc1ccc(F)cc1. The first-order chi connectivity index (χ1) is 14.8. The molecule has 7 nitrogen and oxygen atoms in total. The van der Waals surface area contributed by atoms with Crippen molar-refractivity contribution in [1.82, 2.24) is 4.90 Å².